The first-order valence-corrected chi connectivity index (χ1v) is 14.0. The standard InChI is InChI=1S/C29H39N7O3/c1-4-8-20-18-36(22-9-6-5-7-10-22)26-24(35(2)28(20)38)17-31-29(34-26)33-23-12-11-19(15-25(23)39-3)27(37)32-21-13-14-30-16-21/h4,11-12,15,17,20-22,30H,1,5-10,13-14,16,18H2,2-3H3,(H,32,37)(H,31,33,34). The maximum atomic E-state index is 13.3. The number of ether oxygens (including phenoxy) is 1. The largest absolute Gasteiger partial charge is 0.495 e. The van der Waals surface area contributed by atoms with Gasteiger partial charge in [-0.15, -0.1) is 6.58 Å². The molecule has 2 atom stereocenters. The zero-order chi connectivity index (χ0) is 27.4. The van der Waals surface area contributed by atoms with E-state index >= 15 is 0 Å². The van der Waals surface area contributed by atoms with Crippen LogP contribution in [0.2, 0.25) is 0 Å². The zero-order valence-electron chi connectivity index (χ0n) is 22.9. The number of nitrogens with one attached hydrogen (secondary N) is 3. The van der Waals surface area contributed by atoms with E-state index in [9.17, 15) is 9.59 Å². The van der Waals surface area contributed by atoms with Crippen LogP contribution in [0.15, 0.2) is 37.1 Å². The SMILES string of the molecule is C=CCC1CN(C2CCCCC2)c2nc(Nc3ccc(C(=O)NC4CCNC4)cc3OC)ncc2N(C)C1=O. The summed E-state index contributed by atoms with van der Waals surface area (Å²) in [5.41, 5.74) is 1.90. The summed E-state index contributed by atoms with van der Waals surface area (Å²) in [6.45, 7) is 6.18. The molecule has 2 unspecified atom stereocenters. The van der Waals surface area contributed by atoms with E-state index in [1.54, 1.807) is 37.4 Å². The third-order valence-electron chi connectivity index (χ3n) is 8.05. The first-order valence-electron chi connectivity index (χ1n) is 14.0. The highest BCUT2D eigenvalue weighted by Gasteiger charge is 2.36. The number of amides is 2. The monoisotopic (exact) mass is 533 g/mol. The molecule has 10 heteroatoms. The Bertz CT molecular complexity index is 1210. The molecule has 1 aliphatic carbocycles. The number of nitrogens with zero attached hydrogens (tertiary/aromatic N) is 4. The van der Waals surface area contributed by atoms with Crippen molar-refractivity contribution < 1.29 is 14.3 Å². The minimum atomic E-state index is -0.182. The molecule has 3 aliphatic rings. The van der Waals surface area contributed by atoms with Crippen LogP contribution < -0.4 is 30.5 Å². The molecule has 2 aliphatic heterocycles. The molecule has 1 aromatic carbocycles. The average Bonchev–Trinajstić information content (AvgIpc) is 3.45. The van der Waals surface area contributed by atoms with Crippen molar-refractivity contribution in [1.82, 2.24) is 20.6 Å². The number of aromatic nitrogens is 2. The summed E-state index contributed by atoms with van der Waals surface area (Å²) in [7, 11) is 3.37. The molecule has 2 amide bonds. The summed E-state index contributed by atoms with van der Waals surface area (Å²) in [5.74, 6) is 1.45. The highest BCUT2D eigenvalue weighted by atomic mass is 16.5. The second-order valence-electron chi connectivity index (χ2n) is 10.7. The lowest BCUT2D eigenvalue weighted by Crippen LogP contribution is -2.41. The molecule has 0 spiro atoms. The molecular formula is C29H39N7O3. The van der Waals surface area contributed by atoms with Crippen molar-refractivity contribution in [3.05, 3.63) is 42.6 Å². The fourth-order valence-corrected chi connectivity index (χ4v) is 5.86. The van der Waals surface area contributed by atoms with Gasteiger partial charge in [-0.1, -0.05) is 25.3 Å². The number of hydrogen-bond acceptors (Lipinski definition) is 8. The van der Waals surface area contributed by atoms with Crippen LogP contribution in [-0.2, 0) is 4.79 Å². The molecule has 2 aromatic rings. The lowest BCUT2D eigenvalue weighted by molar-refractivity contribution is -0.121. The number of fused-ring (bicyclic) bond motifs is 1. The van der Waals surface area contributed by atoms with E-state index in [2.05, 4.69) is 32.4 Å². The summed E-state index contributed by atoms with van der Waals surface area (Å²) in [6, 6.07) is 5.77. The van der Waals surface area contributed by atoms with E-state index in [1.807, 2.05) is 12.1 Å². The van der Waals surface area contributed by atoms with Gasteiger partial charge in [0.05, 0.1) is 24.9 Å². The van der Waals surface area contributed by atoms with E-state index in [0.717, 1.165) is 38.2 Å². The number of methoxy groups -OCH3 is 1. The molecule has 39 heavy (non-hydrogen) atoms. The summed E-state index contributed by atoms with van der Waals surface area (Å²) in [4.78, 5) is 39.6. The van der Waals surface area contributed by atoms with Gasteiger partial charge in [-0.25, -0.2) is 4.98 Å². The lowest BCUT2D eigenvalue weighted by Gasteiger charge is -2.36. The van der Waals surface area contributed by atoms with Crippen LogP contribution in [0.25, 0.3) is 0 Å². The van der Waals surface area contributed by atoms with Gasteiger partial charge in [0.25, 0.3) is 5.91 Å². The van der Waals surface area contributed by atoms with Crippen LogP contribution >= 0.6 is 0 Å². The van der Waals surface area contributed by atoms with E-state index in [1.165, 1.54) is 19.3 Å². The molecule has 0 bridgehead atoms. The average molecular weight is 534 g/mol. The third kappa shape index (κ3) is 5.85. The van der Waals surface area contributed by atoms with Crippen LogP contribution in [0.1, 0.15) is 55.3 Å². The van der Waals surface area contributed by atoms with Gasteiger partial charge < -0.3 is 30.5 Å². The quantitative estimate of drug-likeness (QED) is 0.441. The van der Waals surface area contributed by atoms with Crippen molar-refractivity contribution in [1.29, 1.82) is 0 Å². The first kappa shape index (κ1) is 26.9. The molecule has 1 saturated heterocycles. The molecule has 208 valence electrons. The van der Waals surface area contributed by atoms with Gasteiger partial charge in [0.2, 0.25) is 11.9 Å². The number of carbonyl (C=O) groups excluding carboxylic acids is 2. The predicted octanol–water partition coefficient (Wildman–Crippen LogP) is 3.63. The molecule has 1 saturated carbocycles. The minimum Gasteiger partial charge on any atom is -0.495 e. The van der Waals surface area contributed by atoms with Gasteiger partial charge in [0, 0.05) is 37.8 Å². The topological polar surface area (TPSA) is 112 Å². The van der Waals surface area contributed by atoms with Gasteiger partial charge in [-0.3, -0.25) is 9.59 Å². The maximum Gasteiger partial charge on any atom is 0.251 e. The molecule has 2 fully saturated rings. The second kappa shape index (κ2) is 12.0. The maximum absolute atomic E-state index is 13.3. The fraction of sp³-hybridized carbons (Fsp3) is 0.517. The van der Waals surface area contributed by atoms with Crippen molar-refractivity contribution in [2.24, 2.45) is 5.92 Å². The number of carbonyl (C=O) groups is 2. The van der Waals surface area contributed by atoms with Crippen molar-refractivity contribution in [3.8, 4) is 5.75 Å². The summed E-state index contributed by atoms with van der Waals surface area (Å²) in [5, 5.41) is 9.61. The van der Waals surface area contributed by atoms with E-state index < -0.39 is 0 Å². The lowest BCUT2D eigenvalue weighted by atomic mass is 9.93. The second-order valence-corrected chi connectivity index (χ2v) is 10.7. The highest BCUT2D eigenvalue weighted by Crippen LogP contribution is 2.38. The number of hydrogen-bond donors (Lipinski definition) is 3. The number of anilines is 4. The number of allylic oxidation sites excluding steroid dienone is 1. The molecular weight excluding hydrogens is 494 g/mol. The molecule has 10 nitrogen and oxygen atoms in total. The Balaban J connectivity index is 1.42. The van der Waals surface area contributed by atoms with Crippen LogP contribution in [0.5, 0.6) is 5.75 Å². The molecule has 3 heterocycles. The van der Waals surface area contributed by atoms with Crippen LogP contribution in [0.3, 0.4) is 0 Å². The third-order valence-corrected chi connectivity index (χ3v) is 8.05. The van der Waals surface area contributed by atoms with Gasteiger partial charge in [0.1, 0.15) is 11.4 Å². The van der Waals surface area contributed by atoms with Gasteiger partial charge >= 0.3 is 0 Å². The fourth-order valence-electron chi connectivity index (χ4n) is 5.86. The smallest absolute Gasteiger partial charge is 0.251 e. The normalized spacial score (nSPS) is 21.7. The van der Waals surface area contributed by atoms with E-state index in [-0.39, 0.29) is 23.8 Å². The summed E-state index contributed by atoms with van der Waals surface area (Å²) in [6.07, 6.45) is 10.8. The number of rotatable bonds is 8. The summed E-state index contributed by atoms with van der Waals surface area (Å²) >= 11 is 0. The van der Waals surface area contributed by atoms with Crippen molar-refractivity contribution in [2.75, 3.05) is 48.9 Å². The highest BCUT2D eigenvalue weighted by molar-refractivity contribution is 5.99. The van der Waals surface area contributed by atoms with Crippen LogP contribution in [0, 0.1) is 5.92 Å². The van der Waals surface area contributed by atoms with Gasteiger partial charge in [-0.05, 0) is 50.4 Å². The Labute approximate surface area is 230 Å². The predicted molar refractivity (Wildman–Crippen MR) is 153 cm³/mol. The number of benzene rings is 1. The van der Waals surface area contributed by atoms with Crippen molar-refractivity contribution in [3.63, 3.8) is 0 Å². The molecule has 5 rings (SSSR count). The Morgan fingerprint density at radius 1 is 1.26 bits per heavy atom. The zero-order valence-corrected chi connectivity index (χ0v) is 22.9. The van der Waals surface area contributed by atoms with Crippen molar-refractivity contribution >= 4 is 35.0 Å². The Morgan fingerprint density at radius 3 is 2.79 bits per heavy atom. The van der Waals surface area contributed by atoms with E-state index in [4.69, 9.17) is 9.72 Å². The first-order chi connectivity index (χ1) is 19.0. The molecule has 3 N–H and O–H groups in total. The molecule has 0 radical (unpaired) electrons. The van der Waals surface area contributed by atoms with Crippen molar-refractivity contribution in [2.45, 2.75) is 57.0 Å². The van der Waals surface area contributed by atoms with Crippen LogP contribution in [-0.4, -0.2) is 67.7 Å². The van der Waals surface area contributed by atoms with Crippen LogP contribution in [0.4, 0.5) is 23.1 Å². The summed E-state index contributed by atoms with van der Waals surface area (Å²) < 4.78 is 5.62. The Kier molecular flexibility index (Phi) is 8.30. The van der Waals surface area contributed by atoms with Gasteiger partial charge in [0.15, 0.2) is 5.82 Å². The Morgan fingerprint density at radius 2 is 2.08 bits per heavy atom. The molecule has 1 aromatic heterocycles. The Hall–Kier alpha value is -3.66. The van der Waals surface area contributed by atoms with Gasteiger partial charge in [-0.2, -0.15) is 4.98 Å². The minimum absolute atomic E-state index is 0.0580. The van der Waals surface area contributed by atoms with E-state index in [0.29, 0.717) is 47.6 Å².